The van der Waals surface area contributed by atoms with Gasteiger partial charge in [-0.15, -0.1) is 0 Å². The van der Waals surface area contributed by atoms with E-state index in [0.29, 0.717) is 29.9 Å². The molecule has 0 aromatic heterocycles. The van der Waals surface area contributed by atoms with Gasteiger partial charge in [0, 0.05) is 23.7 Å². The van der Waals surface area contributed by atoms with E-state index in [1.807, 2.05) is 12.1 Å². The normalized spacial score (nSPS) is 20.0. The summed E-state index contributed by atoms with van der Waals surface area (Å²) in [6, 6.07) is 7.54. The first-order valence-corrected chi connectivity index (χ1v) is 10.5. The summed E-state index contributed by atoms with van der Waals surface area (Å²) in [5.41, 5.74) is 1.41. The second-order valence-electron chi connectivity index (χ2n) is 8.20. The fourth-order valence-corrected chi connectivity index (χ4v) is 4.30. The number of piperidine rings is 1. The molecule has 1 heterocycles. The van der Waals surface area contributed by atoms with Crippen molar-refractivity contribution in [3.63, 3.8) is 0 Å². The summed E-state index contributed by atoms with van der Waals surface area (Å²) in [5.74, 6) is 1.07. The zero-order valence-corrected chi connectivity index (χ0v) is 16.4. The van der Waals surface area contributed by atoms with Crippen molar-refractivity contribution in [1.29, 1.82) is 0 Å². The Kier molecular flexibility index (Phi) is 7.27. The Morgan fingerprint density at radius 2 is 1.70 bits per heavy atom. The van der Waals surface area contributed by atoms with Crippen molar-refractivity contribution in [3.8, 4) is 0 Å². The number of carbonyl (C=O) groups excluding carboxylic acids is 2. The second kappa shape index (κ2) is 9.88. The van der Waals surface area contributed by atoms with E-state index in [0.717, 1.165) is 44.5 Å². The van der Waals surface area contributed by atoms with E-state index in [2.05, 4.69) is 22.9 Å². The molecule has 27 heavy (non-hydrogen) atoms. The molecule has 1 atom stereocenters. The lowest BCUT2D eigenvalue weighted by Crippen LogP contribution is -2.36. The standard InChI is InChI=1S/C22H33N3O2/c1-16(17-11-13-23-14-12-17)15-21(26)24-20-9-7-18(8-10-20)22(27)25-19-5-3-2-4-6-19/h7-10,16-17,19,23H,2-6,11-15H2,1H3,(H,24,26)(H,25,27). The van der Waals surface area contributed by atoms with Crippen molar-refractivity contribution in [3.05, 3.63) is 29.8 Å². The highest BCUT2D eigenvalue weighted by atomic mass is 16.2. The van der Waals surface area contributed by atoms with E-state index in [4.69, 9.17) is 0 Å². The summed E-state index contributed by atoms with van der Waals surface area (Å²) in [6.45, 7) is 4.29. The third kappa shape index (κ3) is 6.06. The van der Waals surface area contributed by atoms with Crippen LogP contribution in [-0.2, 0) is 4.79 Å². The number of benzene rings is 1. The molecule has 1 saturated heterocycles. The highest BCUT2D eigenvalue weighted by Gasteiger charge is 2.22. The maximum atomic E-state index is 12.4. The SMILES string of the molecule is CC(CC(=O)Nc1ccc(C(=O)NC2CCCCC2)cc1)C1CCNCC1. The van der Waals surface area contributed by atoms with Crippen LogP contribution in [0.3, 0.4) is 0 Å². The first-order valence-electron chi connectivity index (χ1n) is 10.5. The van der Waals surface area contributed by atoms with Gasteiger partial charge in [-0.3, -0.25) is 9.59 Å². The molecule has 3 rings (SSSR count). The highest BCUT2D eigenvalue weighted by molar-refractivity contribution is 5.96. The van der Waals surface area contributed by atoms with Crippen LogP contribution >= 0.6 is 0 Å². The zero-order valence-electron chi connectivity index (χ0n) is 16.4. The lowest BCUT2D eigenvalue weighted by molar-refractivity contribution is -0.117. The Balaban J connectivity index is 1.46. The summed E-state index contributed by atoms with van der Waals surface area (Å²) in [4.78, 5) is 24.7. The minimum Gasteiger partial charge on any atom is -0.349 e. The van der Waals surface area contributed by atoms with Gasteiger partial charge in [-0.2, -0.15) is 0 Å². The Morgan fingerprint density at radius 3 is 2.37 bits per heavy atom. The van der Waals surface area contributed by atoms with Crippen LogP contribution in [0.2, 0.25) is 0 Å². The summed E-state index contributed by atoms with van der Waals surface area (Å²) in [5, 5.41) is 9.47. The van der Waals surface area contributed by atoms with Crippen molar-refractivity contribution in [2.24, 2.45) is 11.8 Å². The van der Waals surface area contributed by atoms with Gasteiger partial charge in [0.1, 0.15) is 0 Å². The first-order chi connectivity index (χ1) is 13.1. The van der Waals surface area contributed by atoms with E-state index in [-0.39, 0.29) is 11.8 Å². The van der Waals surface area contributed by atoms with Crippen molar-refractivity contribution in [2.75, 3.05) is 18.4 Å². The number of nitrogens with one attached hydrogen (secondary N) is 3. The molecular formula is C22H33N3O2. The van der Waals surface area contributed by atoms with Crippen LogP contribution < -0.4 is 16.0 Å². The molecule has 0 radical (unpaired) electrons. The van der Waals surface area contributed by atoms with E-state index < -0.39 is 0 Å². The lowest BCUT2D eigenvalue weighted by Gasteiger charge is -2.27. The molecule has 5 nitrogen and oxygen atoms in total. The Morgan fingerprint density at radius 1 is 1.04 bits per heavy atom. The van der Waals surface area contributed by atoms with Crippen LogP contribution in [0.5, 0.6) is 0 Å². The third-order valence-electron chi connectivity index (χ3n) is 6.07. The summed E-state index contributed by atoms with van der Waals surface area (Å²) in [7, 11) is 0. The minimum absolute atomic E-state index is 0.0145. The molecule has 2 fully saturated rings. The van der Waals surface area contributed by atoms with Crippen molar-refractivity contribution < 1.29 is 9.59 Å². The molecule has 2 aliphatic rings. The van der Waals surface area contributed by atoms with E-state index in [9.17, 15) is 9.59 Å². The van der Waals surface area contributed by atoms with Gasteiger partial charge in [0.05, 0.1) is 0 Å². The number of hydrogen-bond acceptors (Lipinski definition) is 3. The first kappa shape index (κ1) is 19.9. The Bertz CT molecular complexity index is 617. The van der Waals surface area contributed by atoms with E-state index in [1.165, 1.54) is 19.3 Å². The van der Waals surface area contributed by atoms with E-state index in [1.54, 1.807) is 12.1 Å². The molecular weight excluding hydrogens is 338 g/mol. The Hall–Kier alpha value is -1.88. The van der Waals surface area contributed by atoms with Gasteiger partial charge in [0.25, 0.3) is 5.91 Å². The number of anilines is 1. The van der Waals surface area contributed by atoms with Crippen LogP contribution in [0.15, 0.2) is 24.3 Å². The predicted octanol–water partition coefficient (Wildman–Crippen LogP) is 3.71. The largest absolute Gasteiger partial charge is 0.349 e. The molecule has 5 heteroatoms. The molecule has 3 N–H and O–H groups in total. The van der Waals surface area contributed by atoms with Gasteiger partial charge in [-0.05, 0) is 74.9 Å². The molecule has 1 aromatic rings. The molecule has 0 spiro atoms. The molecule has 1 unspecified atom stereocenters. The van der Waals surface area contributed by atoms with Gasteiger partial charge in [0.2, 0.25) is 5.91 Å². The summed E-state index contributed by atoms with van der Waals surface area (Å²) in [6.07, 6.45) is 8.69. The van der Waals surface area contributed by atoms with Crippen LogP contribution in [0.25, 0.3) is 0 Å². The molecule has 2 amide bonds. The van der Waals surface area contributed by atoms with Crippen LogP contribution in [0.4, 0.5) is 5.69 Å². The summed E-state index contributed by atoms with van der Waals surface area (Å²) < 4.78 is 0. The highest BCUT2D eigenvalue weighted by Crippen LogP contribution is 2.25. The third-order valence-corrected chi connectivity index (χ3v) is 6.07. The fraction of sp³-hybridized carbons (Fsp3) is 0.636. The summed E-state index contributed by atoms with van der Waals surface area (Å²) >= 11 is 0. The minimum atomic E-state index is -0.0145. The average molecular weight is 372 g/mol. The topological polar surface area (TPSA) is 70.2 Å². The maximum Gasteiger partial charge on any atom is 0.251 e. The quantitative estimate of drug-likeness (QED) is 0.714. The molecule has 1 aliphatic heterocycles. The number of hydrogen-bond donors (Lipinski definition) is 3. The zero-order chi connectivity index (χ0) is 19.1. The molecule has 1 saturated carbocycles. The fourth-order valence-electron chi connectivity index (χ4n) is 4.30. The van der Waals surface area contributed by atoms with E-state index >= 15 is 0 Å². The predicted molar refractivity (Wildman–Crippen MR) is 109 cm³/mol. The van der Waals surface area contributed by atoms with Crippen LogP contribution in [0, 0.1) is 11.8 Å². The van der Waals surface area contributed by atoms with Crippen molar-refractivity contribution in [1.82, 2.24) is 10.6 Å². The Labute approximate surface area is 162 Å². The number of amides is 2. The maximum absolute atomic E-state index is 12.4. The molecule has 148 valence electrons. The van der Waals surface area contributed by atoms with Crippen LogP contribution in [0.1, 0.15) is 68.6 Å². The van der Waals surface area contributed by atoms with Gasteiger partial charge < -0.3 is 16.0 Å². The molecule has 0 bridgehead atoms. The van der Waals surface area contributed by atoms with Gasteiger partial charge in [0.15, 0.2) is 0 Å². The molecule has 1 aromatic carbocycles. The smallest absolute Gasteiger partial charge is 0.251 e. The van der Waals surface area contributed by atoms with Crippen molar-refractivity contribution >= 4 is 17.5 Å². The van der Waals surface area contributed by atoms with Gasteiger partial charge >= 0.3 is 0 Å². The van der Waals surface area contributed by atoms with Crippen LogP contribution in [-0.4, -0.2) is 30.9 Å². The van der Waals surface area contributed by atoms with Crippen molar-refractivity contribution in [2.45, 2.75) is 64.3 Å². The number of carbonyl (C=O) groups is 2. The lowest BCUT2D eigenvalue weighted by atomic mass is 9.84. The molecule has 1 aliphatic carbocycles. The monoisotopic (exact) mass is 371 g/mol. The number of rotatable bonds is 6. The van der Waals surface area contributed by atoms with Gasteiger partial charge in [-0.1, -0.05) is 26.2 Å². The van der Waals surface area contributed by atoms with Gasteiger partial charge in [-0.25, -0.2) is 0 Å². The second-order valence-corrected chi connectivity index (χ2v) is 8.20. The average Bonchev–Trinajstić information content (AvgIpc) is 2.70.